The van der Waals surface area contributed by atoms with E-state index in [4.69, 9.17) is 4.74 Å². The zero-order valence-corrected chi connectivity index (χ0v) is 12.5. The highest BCUT2D eigenvalue weighted by atomic mass is 16.5. The minimum Gasteiger partial charge on any atom is -0.494 e. The number of nitrogens with one attached hydrogen (secondary N) is 1. The number of benzene rings is 1. The Balaban J connectivity index is 2.20. The van der Waals surface area contributed by atoms with E-state index in [2.05, 4.69) is 37.4 Å². The Kier molecular flexibility index (Phi) is 5.26. The molecule has 1 fully saturated rings. The van der Waals surface area contributed by atoms with Gasteiger partial charge in [-0.2, -0.15) is 0 Å². The van der Waals surface area contributed by atoms with E-state index in [9.17, 15) is 0 Å². The van der Waals surface area contributed by atoms with Crippen molar-refractivity contribution in [3.63, 3.8) is 0 Å². The third-order valence-electron chi connectivity index (χ3n) is 4.31. The molecular weight excluding hydrogens is 234 g/mol. The second-order valence-electron chi connectivity index (χ2n) is 5.61. The van der Waals surface area contributed by atoms with Crippen molar-refractivity contribution in [2.45, 2.75) is 46.1 Å². The zero-order chi connectivity index (χ0) is 13.7. The van der Waals surface area contributed by atoms with Crippen LogP contribution in [0.15, 0.2) is 24.3 Å². The van der Waals surface area contributed by atoms with Crippen LogP contribution in [0.1, 0.15) is 51.6 Å². The molecule has 0 radical (unpaired) electrons. The molecule has 3 atom stereocenters. The molecule has 19 heavy (non-hydrogen) atoms. The van der Waals surface area contributed by atoms with Gasteiger partial charge >= 0.3 is 0 Å². The molecular formula is C17H27NO. The highest BCUT2D eigenvalue weighted by Crippen LogP contribution is 2.40. The van der Waals surface area contributed by atoms with Crippen molar-refractivity contribution < 1.29 is 4.74 Å². The van der Waals surface area contributed by atoms with Crippen LogP contribution < -0.4 is 10.1 Å². The predicted molar refractivity (Wildman–Crippen MR) is 80.5 cm³/mol. The number of rotatable bonds is 6. The monoisotopic (exact) mass is 261 g/mol. The van der Waals surface area contributed by atoms with Crippen LogP contribution in [0, 0.1) is 11.8 Å². The third kappa shape index (κ3) is 3.50. The average Bonchev–Trinajstić information content (AvgIpc) is 2.83. The Morgan fingerprint density at radius 2 is 2.16 bits per heavy atom. The van der Waals surface area contributed by atoms with Gasteiger partial charge in [0.2, 0.25) is 0 Å². The van der Waals surface area contributed by atoms with E-state index in [1.807, 2.05) is 13.0 Å². The molecule has 1 aliphatic rings. The van der Waals surface area contributed by atoms with Crippen molar-refractivity contribution in [1.29, 1.82) is 0 Å². The first-order chi connectivity index (χ1) is 9.26. The van der Waals surface area contributed by atoms with E-state index in [0.29, 0.717) is 6.04 Å². The van der Waals surface area contributed by atoms with E-state index < -0.39 is 0 Å². The number of hydrogen-bond donors (Lipinski definition) is 1. The second kappa shape index (κ2) is 6.95. The fraction of sp³-hybridized carbons (Fsp3) is 0.647. The molecule has 0 amide bonds. The van der Waals surface area contributed by atoms with Gasteiger partial charge < -0.3 is 10.1 Å². The summed E-state index contributed by atoms with van der Waals surface area (Å²) in [5.74, 6) is 2.57. The molecule has 0 heterocycles. The second-order valence-corrected chi connectivity index (χ2v) is 5.61. The van der Waals surface area contributed by atoms with Gasteiger partial charge in [-0.1, -0.05) is 38.8 Å². The molecule has 2 heteroatoms. The molecule has 1 aromatic carbocycles. The Morgan fingerprint density at radius 1 is 1.32 bits per heavy atom. The van der Waals surface area contributed by atoms with Gasteiger partial charge in [-0.25, -0.2) is 0 Å². The number of ether oxygens (including phenoxy) is 1. The van der Waals surface area contributed by atoms with Gasteiger partial charge in [0.05, 0.1) is 6.61 Å². The molecule has 2 nitrogen and oxygen atoms in total. The molecule has 0 aromatic heterocycles. The topological polar surface area (TPSA) is 21.3 Å². The van der Waals surface area contributed by atoms with Crippen LogP contribution in [0.2, 0.25) is 0 Å². The average molecular weight is 261 g/mol. The molecule has 1 N–H and O–H groups in total. The summed E-state index contributed by atoms with van der Waals surface area (Å²) in [4.78, 5) is 0. The van der Waals surface area contributed by atoms with E-state index in [1.165, 1.54) is 24.8 Å². The van der Waals surface area contributed by atoms with Crippen LogP contribution in [0.25, 0.3) is 0 Å². The number of hydrogen-bond acceptors (Lipinski definition) is 2. The summed E-state index contributed by atoms with van der Waals surface area (Å²) < 4.78 is 5.64. The standard InChI is InChI=1S/C17H27NO/c1-4-18-17(16-11-6-8-13(16)3)14-9-7-10-15(12-14)19-5-2/h7,9-10,12-13,16-18H,4-6,8,11H2,1-3H3. The summed E-state index contributed by atoms with van der Waals surface area (Å²) in [6.07, 6.45) is 4.09. The fourth-order valence-electron chi connectivity index (χ4n) is 3.37. The Morgan fingerprint density at radius 3 is 2.79 bits per heavy atom. The van der Waals surface area contributed by atoms with Gasteiger partial charge in [0, 0.05) is 6.04 Å². The molecule has 0 aliphatic heterocycles. The van der Waals surface area contributed by atoms with Crippen molar-refractivity contribution in [1.82, 2.24) is 5.32 Å². The van der Waals surface area contributed by atoms with Crippen molar-refractivity contribution >= 4 is 0 Å². The first-order valence-electron chi connectivity index (χ1n) is 7.72. The van der Waals surface area contributed by atoms with Crippen LogP contribution in [0.3, 0.4) is 0 Å². The van der Waals surface area contributed by atoms with Crippen molar-refractivity contribution in [2.24, 2.45) is 11.8 Å². The molecule has 3 unspecified atom stereocenters. The van der Waals surface area contributed by atoms with Gasteiger partial charge in [-0.15, -0.1) is 0 Å². The summed E-state index contributed by atoms with van der Waals surface area (Å²) in [5, 5.41) is 3.69. The summed E-state index contributed by atoms with van der Waals surface area (Å²) in [6.45, 7) is 8.38. The normalized spacial score (nSPS) is 24.4. The molecule has 0 saturated heterocycles. The van der Waals surface area contributed by atoms with E-state index in [0.717, 1.165) is 30.7 Å². The summed E-state index contributed by atoms with van der Waals surface area (Å²) in [5.41, 5.74) is 1.38. The lowest BCUT2D eigenvalue weighted by molar-refractivity contribution is 0.303. The predicted octanol–water partition coefficient (Wildman–Crippen LogP) is 4.17. The van der Waals surface area contributed by atoms with Gasteiger partial charge in [-0.05, 0) is 49.4 Å². The first-order valence-corrected chi connectivity index (χ1v) is 7.72. The highest BCUT2D eigenvalue weighted by molar-refractivity contribution is 5.31. The Hall–Kier alpha value is -1.02. The molecule has 106 valence electrons. The lowest BCUT2D eigenvalue weighted by Gasteiger charge is -2.28. The van der Waals surface area contributed by atoms with E-state index in [1.54, 1.807) is 0 Å². The van der Waals surface area contributed by atoms with Gasteiger partial charge in [0.15, 0.2) is 0 Å². The minimum atomic E-state index is 0.475. The lowest BCUT2D eigenvalue weighted by atomic mass is 9.86. The molecule has 2 rings (SSSR count). The smallest absolute Gasteiger partial charge is 0.119 e. The Labute approximate surface area is 117 Å². The zero-order valence-electron chi connectivity index (χ0n) is 12.5. The van der Waals surface area contributed by atoms with Crippen molar-refractivity contribution in [2.75, 3.05) is 13.2 Å². The fourth-order valence-corrected chi connectivity index (χ4v) is 3.37. The van der Waals surface area contributed by atoms with Crippen molar-refractivity contribution in [3.05, 3.63) is 29.8 Å². The maximum Gasteiger partial charge on any atom is 0.119 e. The van der Waals surface area contributed by atoms with E-state index >= 15 is 0 Å². The van der Waals surface area contributed by atoms with E-state index in [-0.39, 0.29) is 0 Å². The maximum absolute atomic E-state index is 5.64. The minimum absolute atomic E-state index is 0.475. The van der Waals surface area contributed by atoms with Crippen LogP contribution in [0.4, 0.5) is 0 Å². The van der Waals surface area contributed by atoms with Crippen LogP contribution in [-0.2, 0) is 0 Å². The molecule has 1 saturated carbocycles. The molecule has 1 aliphatic carbocycles. The largest absolute Gasteiger partial charge is 0.494 e. The lowest BCUT2D eigenvalue weighted by Crippen LogP contribution is -2.29. The molecule has 0 bridgehead atoms. The van der Waals surface area contributed by atoms with Gasteiger partial charge in [0.1, 0.15) is 5.75 Å². The van der Waals surface area contributed by atoms with Crippen LogP contribution >= 0.6 is 0 Å². The molecule has 1 aromatic rings. The summed E-state index contributed by atoms with van der Waals surface area (Å²) in [6, 6.07) is 9.09. The SMILES string of the molecule is CCNC(c1cccc(OCC)c1)C1CCCC1C. The molecule has 0 spiro atoms. The first kappa shape index (κ1) is 14.4. The van der Waals surface area contributed by atoms with Crippen molar-refractivity contribution in [3.8, 4) is 5.75 Å². The van der Waals surface area contributed by atoms with Crippen LogP contribution in [-0.4, -0.2) is 13.2 Å². The summed E-state index contributed by atoms with van der Waals surface area (Å²) >= 11 is 0. The highest BCUT2D eigenvalue weighted by Gasteiger charge is 2.31. The quantitative estimate of drug-likeness (QED) is 0.829. The van der Waals surface area contributed by atoms with Gasteiger partial charge in [0.25, 0.3) is 0 Å². The maximum atomic E-state index is 5.64. The van der Waals surface area contributed by atoms with Crippen LogP contribution in [0.5, 0.6) is 5.75 Å². The summed E-state index contributed by atoms with van der Waals surface area (Å²) in [7, 11) is 0. The third-order valence-corrected chi connectivity index (χ3v) is 4.31. The Bertz CT molecular complexity index is 391. The van der Waals surface area contributed by atoms with Gasteiger partial charge in [-0.3, -0.25) is 0 Å².